The predicted molar refractivity (Wildman–Crippen MR) is 83.7 cm³/mol. The van der Waals surface area contributed by atoms with Crippen molar-refractivity contribution in [1.82, 2.24) is 5.32 Å². The van der Waals surface area contributed by atoms with E-state index in [0.29, 0.717) is 6.04 Å². The van der Waals surface area contributed by atoms with E-state index in [9.17, 15) is 0 Å². The van der Waals surface area contributed by atoms with E-state index >= 15 is 0 Å². The molecule has 1 aromatic carbocycles. The van der Waals surface area contributed by atoms with Crippen LogP contribution < -0.4 is 10.1 Å². The van der Waals surface area contributed by atoms with Crippen LogP contribution in [0.1, 0.15) is 39.0 Å². The second-order valence-corrected chi connectivity index (χ2v) is 6.30. The van der Waals surface area contributed by atoms with Crippen molar-refractivity contribution in [2.75, 3.05) is 13.2 Å². The van der Waals surface area contributed by atoms with Crippen LogP contribution in [0.25, 0.3) is 0 Å². The van der Waals surface area contributed by atoms with E-state index in [1.165, 1.54) is 32.1 Å². The Morgan fingerprint density at radius 2 is 1.84 bits per heavy atom. The molecule has 0 spiro atoms. The molecular weight excluding hydrogens is 302 g/mol. The van der Waals surface area contributed by atoms with Crippen LogP contribution in [0.2, 0.25) is 0 Å². The molecular formula is C16H24BrNO. The summed E-state index contributed by atoms with van der Waals surface area (Å²) >= 11 is 3.42. The number of nitrogens with one attached hydrogen (secondary N) is 1. The lowest BCUT2D eigenvalue weighted by Gasteiger charge is -2.28. The maximum Gasteiger partial charge on any atom is 0.119 e. The van der Waals surface area contributed by atoms with Crippen molar-refractivity contribution in [3.63, 3.8) is 0 Å². The molecule has 1 N–H and O–H groups in total. The van der Waals surface area contributed by atoms with E-state index in [2.05, 4.69) is 28.2 Å². The van der Waals surface area contributed by atoms with Crippen molar-refractivity contribution in [2.45, 2.75) is 45.1 Å². The first-order valence-corrected chi connectivity index (χ1v) is 8.19. The molecule has 2 rings (SSSR count). The lowest BCUT2D eigenvalue weighted by atomic mass is 9.84. The van der Waals surface area contributed by atoms with Crippen molar-refractivity contribution in [2.24, 2.45) is 5.92 Å². The number of benzene rings is 1. The van der Waals surface area contributed by atoms with Gasteiger partial charge in [0.05, 0.1) is 0 Å². The van der Waals surface area contributed by atoms with Gasteiger partial charge in [0.1, 0.15) is 12.4 Å². The number of halogens is 1. The maximum absolute atomic E-state index is 5.71. The largest absolute Gasteiger partial charge is 0.492 e. The molecule has 0 saturated heterocycles. The second kappa shape index (κ2) is 7.91. The first-order valence-electron chi connectivity index (χ1n) is 7.39. The Hall–Kier alpha value is -0.540. The average molecular weight is 326 g/mol. The van der Waals surface area contributed by atoms with E-state index in [1.54, 1.807) is 0 Å². The van der Waals surface area contributed by atoms with Gasteiger partial charge in [-0.1, -0.05) is 29.3 Å². The molecule has 2 nitrogen and oxygen atoms in total. The molecule has 0 heterocycles. The lowest BCUT2D eigenvalue weighted by Crippen LogP contribution is -2.35. The molecule has 3 heteroatoms. The minimum Gasteiger partial charge on any atom is -0.492 e. The molecule has 1 aliphatic carbocycles. The molecule has 1 fully saturated rings. The monoisotopic (exact) mass is 325 g/mol. The van der Waals surface area contributed by atoms with Crippen molar-refractivity contribution >= 4 is 15.9 Å². The Bertz CT molecular complexity index is 358. The van der Waals surface area contributed by atoms with Crippen LogP contribution >= 0.6 is 15.9 Å². The van der Waals surface area contributed by atoms with Crippen molar-refractivity contribution in [3.05, 3.63) is 28.7 Å². The minimum atomic E-state index is 0.705. The van der Waals surface area contributed by atoms with Gasteiger partial charge in [-0.05, 0) is 55.9 Å². The normalized spacial score (nSPS) is 23.3. The Labute approximate surface area is 125 Å². The molecule has 0 atom stereocenters. The summed E-state index contributed by atoms with van der Waals surface area (Å²) < 4.78 is 6.80. The van der Waals surface area contributed by atoms with Crippen LogP contribution in [0.4, 0.5) is 0 Å². The van der Waals surface area contributed by atoms with Gasteiger partial charge in [0.15, 0.2) is 0 Å². The number of rotatable bonds is 6. The van der Waals surface area contributed by atoms with Gasteiger partial charge in [-0.2, -0.15) is 0 Å². The van der Waals surface area contributed by atoms with Gasteiger partial charge in [0.25, 0.3) is 0 Å². The molecule has 0 bridgehead atoms. The molecule has 1 saturated carbocycles. The van der Waals surface area contributed by atoms with E-state index in [-0.39, 0.29) is 0 Å². The molecule has 0 unspecified atom stereocenters. The van der Waals surface area contributed by atoms with Gasteiger partial charge >= 0.3 is 0 Å². The molecule has 1 aliphatic rings. The zero-order valence-corrected chi connectivity index (χ0v) is 13.3. The third kappa shape index (κ3) is 5.15. The van der Waals surface area contributed by atoms with E-state index in [4.69, 9.17) is 4.74 Å². The summed E-state index contributed by atoms with van der Waals surface area (Å²) in [7, 11) is 0. The number of hydrogen-bond acceptors (Lipinski definition) is 2. The molecule has 0 amide bonds. The zero-order chi connectivity index (χ0) is 13.5. The molecule has 106 valence electrons. The SMILES string of the molecule is CCC1CCC(NCCOc2ccc(Br)cc2)CC1. The van der Waals surface area contributed by atoms with Gasteiger partial charge in [0.2, 0.25) is 0 Å². The zero-order valence-electron chi connectivity index (χ0n) is 11.7. The predicted octanol–water partition coefficient (Wildman–Crippen LogP) is 4.39. The Balaban J connectivity index is 1.58. The third-order valence-electron chi connectivity index (χ3n) is 4.04. The summed E-state index contributed by atoms with van der Waals surface area (Å²) in [4.78, 5) is 0. The number of ether oxygens (including phenoxy) is 1. The second-order valence-electron chi connectivity index (χ2n) is 5.38. The van der Waals surface area contributed by atoms with Crippen LogP contribution in [-0.2, 0) is 0 Å². The molecule has 1 aromatic rings. The fourth-order valence-electron chi connectivity index (χ4n) is 2.74. The average Bonchev–Trinajstić information content (AvgIpc) is 2.46. The smallest absolute Gasteiger partial charge is 0.119 e. The molecule has 0 radical (unpaired) electrons. The van der Waals surface area contributed by atoms with E-state index < -0.39 is 0 Å². The highest BCUT2D eigenvalue weighted by Gasteiger charge is 2.18. The van der Waals surface area contributed by atoms with Crippen LogP contribution in [-0.4, -0.2) is 19.2 Å². The highest BCUT2D eigenvalue weighted by molar-refractivity contribution is 9.10. The van der Waals surface area contributed by atoms with Crippen LogP contribution in [0, 0.1) is 5.92 Å². The quantitative estimate of drug-likeness (QED) is 0.783. The Morgan fingerprint density at radius 3 is 2.47 bits per heavy atom. The van der Waals surface area contributed by atoms with E-state index in [1.807, 2.05) is 24.3 Å². The first-order chi connectivity index (χ1) is 9.28. The Kier molecular flexibility index (Phi) is 6.18. The summed E-state index contributed by atoms with van der Waals surface area (Å²) in [5, 5.41) is 3.61. The van der Waals surface area contributed by atoms with Gasteiger partial charge in [-0.15, -0.1) is 0 Å². The highest BCUT2D eigenvalue weighted by atomic mass is 79.9. The topological polar surface area (TPSA) is 21.3 Å². The van der Waals surface area contributed by atoms with Crippen molar-refractivity contribution < 1.29 is 4.74 Å². The third-order valence-corrected chi connectivity index (χ3v) is 4.57. The minimum absolute atomic E-state index is 0.705. The van der Waals surface area contributed by atoms with Gasteiger partial charge in [0, 0.05) is 17.1 Å². The van der Waals surface area contributed by atoms with Crippen LogP contribution in [0.5, 0.6) is 5.75 Å². The number of hydrogen-bond donors (Lipinski definition) is 1. The molecule has 19 heavy (non-hydrogen) atoms. The van der Waals surface area contributed by atoms with Crippen molar-refractivity contribution in [1.29, 1.82) is 0 Å². The van der Waals surface area contributed by atoms with Crippen LogP contribution in [0.15, 0.2) is 28.7 Å². The summed E-state index contributed by atoms with van der Waals surface area (Å²) in [5.74, 6) is 1.91. The van der Waals surface area contributed by atoms with Gasteiger partial charge < -0.3 is 10.1 Å². The first kappa shape index (κ1) is 14.9. The van der Waals surface area contributed by atoms with Crippen LogP contribution in [0.3, 0.4) is 0 Å². The fraction of sp³-hybridized carbons (Fsp3) is 0.625. The summed E-state index contributed by atoms with van der Waals surface area (Å²) in [6.07, 6.45) is 6.79. The standard InChI is InChI=1S/C16H24BrNO/c1-2-13-3-7-15(8-4-13)18-11-12-19-16-9-5-14(17)6-10-16/h5-6,9-10,13,15,18H,2-4,7-8,11-12H2,1H3. The molecule has 0 aromatic heterocycles. The maximum atomic E-state index is 5.71. The van der Waals surface area contributed by atoms with Gasteiger partial charge in [-0.3, -0.25) is 0 Å². The summed E-state index contributed by atoms with van der Waals surface area (Å²) in [6.45, 7) is 4.00. The Morgan fingerprint density at radius 1 is 1.16 bits per heavy atom. The van der Waals surface area contributed by atoms with E-state index in [0.717, 1.165) is 29.3 Å². The van der Waals surface area contributed by atoms with Crippen molar-refractivity contribution in [3.8, 4) is 5.75 Å². The van der Waals surface area contributed by atoms with Gasteiger partial charge in [-0.25, -0.2) is 0 Å². The summed E-state index contributed by atoms with van der Waals surface area (Å²) in [5.41, 5.74) is 0. The highest BCUT2D eigenvalue weighted by Crippen LogP contribution is 2.26. The fourth-order valence-corrected chi connectivity index (χ4v) is 3.00. The summed E-state index contributed by atoms with van der Waals surface area (Å²) in [6, 6.07) is 8.72. The lowest BCUT2D eigenvalue weighted by molar-refractivity contribution is 0.260. The molecule has 0 aliphatic heterocycles.